The van der Waals surface area contributed by atoms with E-state index in [0.29, 0.717) is 11.1 Å². The van der Waals surface area contributed by atoms with Crippen LogP contribution < -0.4 is 10.6 Å². The van der Waals surface area contributed by atoms with Gasteiger partial charge in [0.05, 0.1) is 17.8 Å². The first-order valence-corrected chi connectivity index (χ1v) is 12.4. The lowest BCUT2D eigenvalue weighted by Crippen LogP contribution is -2.67. The molecule has 0 bridgehead atoms. The van der Waals surface area contributed by atoms with Crippen molar-refractivity contribution >= 4 is 23.2 Å². The predicted molar refractivity (Wildman–Crippen MR) is 137 cm³/mol. The molecule has 0 radical (unpaired) electrons. The van der Waals surface area contributed by atoms with Crippen LogP contribution in [-0.2, 0) is 9.59 Å². The molecule has 200 valence electrons. The quantitative estimate of drug-likeness (QED) is 0.321. The van der Waals surface area contributed by atoms with Gasteiger partial charge in [-0.1, -0.05) is 25.1 Å². The zero-order chi connectivity index (χ0) is 27.8. The first kappa shape index (κ1) is 25.9. The van der Waals surface area contributed by atoms with Crippen molar-refractivity contribution in [3.8, 4) is 16.9 Å². The lowest BCUT2D eigenvalue weighted by molar-refractivity contribution is -0.179. The Hall–Kier alpha value is -3.73. The van der Waals surface area contributed by atoms with E-state index < -0.39 is 76.7 Å². The second-order valence-electron chi connectivity index (χ2n) is 10.7. The van der Waals surface area contributed by atoms with Gasteiger partial charge in [-0.2, -0.15) is 0 Å². The predicted octanol–water partition coefficient (Wildman–Crippen LogP) is 1.01. The molecule has 0 heterocycles. The molecule has 2 aromatic rings. The second-order valence-corrected chi connectivity index (χ2v) is 10.7. The molecular weight excluding hydrogens is 492 g/mol. The number of aromatic hydroxyl groups is 1. The smallest absolute Gasteiger partial charge is 0.230 e. The van der Waals surface area contributed by atoms with Crippen LogP contribution in [0.15, 0.2) is 47.7 Å². The van der Waals surface area contributed by atoms with E-state index in [1.165, 1.54) is 6.07 Å². The number of anilines is 1. The summed E-state index contributed by atoms with van der Waals surface area (Å²) in [6.07, 6.45) is -3.53. The first-order valence-electron chi connectivity index (χ1n) is 12.4. The van der Waals surface area contributed by atoms with E-state index in [0.717, 1.165) is 11.3 Å². The standard InChI is InChI=1S/C28H30N2O8/c1-11-18-14(12-4-6-13(7-5-12)30(2)3)8-9-16(31)20(18)24(34)22-19(11)23(33)15-10-17(32)21(27(29)37)25(35)28(15,38)26(22)36/h4-9,11,15,17,19,21,23,31-33,36,38H,10H2,1-3H3,(H2,29,37)/t11-,15+,17?,19+,21?,23+,28+/m0/s1. The number of carbonyl (C=O) groups is 3. The zero-order valence-electron chi connectivity index (χ0n) is 21.1. The van der Waals surface area contributed by atoms with E-state index in [1.54, 1.807) is 13.0 Å². The minimum absolute atomic E-state index is 0.103. The minimum atomic E-state index is -2.80. The van der Waals surface area contributed by atoms with Crippen LogP contribution in [0.5, 0.6) is 5.75 Å². The Morgan fingerprint density at radius 1 is 1.05 bits per heavy atom. The van der Waals surface area contributed by atoms with Gasteiger partial charge in [0.15, 0.2) is 17.2 Å². The number of aliphatic hydroxyl groups is 4. The molecule has 7 atom stereocenters. The van der Waals surface area contributed by atoms with Gasteiger partial charge < -0.3 is 36.2 Å². The third kappa shape index (κ3) is 3.34. The Balaban J connectivity index is 1.72. The van der Waals surface area contributed by atoms with E-state index in [-0.39, 0.29) is 11.3 Å². The zero-order valence-corrected chi connectivity index (χ0v) is 21.1. The number of hydrogen-bond acceptors (Lipinski definition) is 9. The van der Waals surface area contributed by atoms with Crippen molar-refractivity contribution in [3.63, 3.8) is 0 Å². The summed E-state index contributed by atoms with van der Waals surface area (Å²) in [7, 11) is 3.81. The molecule has 38 heavy (non-hydrogen) atoms. The third-order valence-corrected chi connectivity index (χ3v) is 8.50. The number of benzene rings is 2. The highest BCUT2D eigenvalue weighted by Gasteiger charge is 2.66. The summed E-state index contributed by atoms with van der Waals surface area (Å²) >= 11 is 0. The van der Waals surface area contributed by atoms with Gasteiger partial charge in [0.25, 0.3) is 0 Å². The van der Waals surface area contributed by atoms with Crippen molar-refractivity contribution in [1.29, 1.82) is 0 Å². The molecule has 1 fully saturated rings. The van der Waals surface area contributed by atoms with Crippen molar-refractivity contribution < 1.29 is 39.9 Å². The van der Waals surface area contributed by atoms with Crippen LogP contribution >= 0.6 is 0 Å². The number of nitrogens with two attached hydrogens (primary N) is 1. The first-order chi connectivity index (χ1) is 17.8. The summed E-state index contributed by atoms with van der Waals surface area (Å²) in [5, 5.41) is 55.4. The number of phenols is 1. The molecule has 10 heteroatoms. The van der Waals surface area contributed by atoms with Crippen molar-refractivity contribution in [2.75, 3.05) is 19.0 Å². The fourth-order valence-corrected chi connectivity index (χ4v) is 6.57. The Kier molecular flexibility index (Phi) is 5.90. The fraction of sp³-hybridized carbons (Fsp3) is 0.393. The Morgan fingerprint density at radius 2 is 1.68 bits per heavy atom. The molecule has 3 aliphatic rings. The molecule has 1 saturated carbocycles. The van der Waals surface area contributed by atoms with E-state index in [4.69, 9.17) is 5.73 Å². The summed E-state index contributed by atoms with van der Waals surface area (Å²) in [4.78, 5) is 40.9. The number of ketones is 2. The highest BCUT2D eigenvalue weighted by molar-refractivity contribution is 6.16. The van der Waals surface area contributed by atoms with E-state index in [9.17, 15) is 39.9 Å². The molecule has 0 aliphatic heterocycles. The average molecular weight is 523 g/mol. The lowest BCUT2D eigenvalue weighted by atomic mass is 9.54. The number of fused-ring (bicyclic) bond motifs is 3. The van der Waals surface area contributed by atoms with E-state index >= 15 is 0 Å². The number of aliphatic hydroxyl groups excluding tert-OH is 3. The largest absolute Gasteiger partial charge is 0.508 e. The maximum Gasteiger partial charge on any atom is 0.230 e. The summed E-state index contributed by atoms with van der Waals surface area (Å²) in [5.41, 5.74) is 4.79. The fourth-order valence-electron chi connectivity index (χ4n) is 6.57. The van der Waals surface area contributed by atoms with Gasteiger partial charge in [0, 0.05) is 37.2 Å². The van der Waals surface area contributed by atoms with Crippen LogP contribution in [0, 0.1) is 17.8 Å². The van der Waals surface area contributed by atoms with Crippen LogP contribution in [0.3, 0.4) is 0 Å². The molecule has 1 amide bonds. The van der Waals surface area contributed by atoms with Gasteiger partial charge in [-0.25, -0.2) is 0 Å². The number of phenolic OH excluding ortho intramolecular Hbond substituents is 1. The maximum atomic E-state index is 13.8. The Labute approximate surface area is 218 Å². The number of amides is 1. The number of rotatable bonds is 3. The van der Waals surface area contributed by atoms with Crippen LogP contribution in [-0.4, -0.2) is 74.9 Å². The van der Waals surface area contributed by atoms with Gasteiger partial charge in [-0.3, -0.25) is 14.4 Å². The average Bonchev–Trinajstić information content (AvgIpc) is 2.86. The van der Waals surface area contributed by atoms with Crippen LogP contribution in [0.2, 0.25) is 0 Å². The Bertz CT molecular complexity index is 1400. The number of nitrogens with zero attached hydrogens (tertiary/aromatic N) is 1. The molecule has 0 saturated heterocycles. The van der Waals surface area contributed by atoms with Gasteiger partial charge in [0.2, 0.25) is 5.91 Å². The molecule has 2 aromatic carbocycles. The topological polar surface area (TPSA) is 182 Å². The van der Waals surface area contributed by atoms with Crippen molar-refractivity contribution in [1.82, 2.24) is 0 Å². The summed E-state index contributed by atoms with van der Waals surface area (Å²) in [6, 6.07) is 10.6. The van der Waals surface area contributed by atoms with Crippen LogP contribution in [0.4, 0.5) is 5.69 Å². The molecule has 5 rings (SSSR count). The van der Waals surface area contributed by atoms with Crippen molar-refractivity contribution in [3.05, 3.63) is 58.9 Å². The van der Waals surface area contributed by atoms with E-state index in [1.807, 2.05) is 43.3 Å². The normalized spacial score (nSPS) is 32.4. The summed E-state index contributed by atoms with van der Waals surface area (Å²) in [5.74, 6) is -9.59. The van der Waals surface area contributed by atoms with Gasteiger partial charge in [0.1, 0.15) is 17.4 Å². The second kappa shape index (κ2) is 8.65. The SMILES string of the molecule is C[C@H]1c2c(-c3ccc(N(C)C)cc3)ccc(O)c2C(=O)C2=C(O)[C@]3(O)C(=O)C(C(N)=O)C(O)C[C@@H]3[C@@H](O)[C@@H]21. The van der Waals surface area contributed by atoms with E-state index in [2.05, 4.69) is 0 Å². The Morgan fingerprint density at radius 3 is 2.26 bits per heavy atom. The van der Waals surface area contributed by atoms with Crippen molar-refractivity contribution in [2.45, 2.75) is 37.1 Å². The van der Waals surface area contributed by atoms with Crippen LogP contribution in [0.25, 0.3) is 11.1 Å². The van der Waals surface area contributed by atoms with Crippen molar-refractivity contribution in [2.24, 2.45) is 23.5 Å². The lowest BCUT2D eigenvalue weighted by Gasteiger charge is -2.52. The molecule has 7 N–H and O–H groups in total. The number of carbonyl (C=O) groups excluding carboxylic acids is 3. The third-order valence-electron chi connectivity index (χ3n) is 8.50. The number of hydrogen-bond donors (Lipinski definition) is 6. The summed E-state index contributed by atoms with van der Waals surface area (Å²) in [6.45, 7) is 1.72. The van der Waals surface area contributed by atoms with Gasteiger partial charge in [-0.15, -0.1) is 0 Å². The summed E-state index contributed by atoms with van der Waals surface area (Å²) < 4.78 is 0. The molecular formula is C28H30N2O8. The molecule has 3 aliphatic carbocycles. The van der Waals surface area contributed by atoms with Gasteiger partial charge in [-0.05, 0) is 47.2 Å². The molecule has 10 nitrogen and oxygen atoms in total. The monoisotopic (exact) mass is 522 g/mol. The highest BCUT2D eigenvalue weighted by Crippen LogP contribution is 2.56. The number of Topliss-reactive ketones (excluding diaryl/α,β-unsaturated/α-hetero) is 2. The number of primary amides is 1. The van der Waals surface area contributed by atoms with Crippen LogP contribution in [0.1, 0.15) is 35.2 Å². The molecule has 2 unspecified atom stereocenters. The highest BCUT2D eigenvalue weighted by atomic mass is 16.4. The molecule has 0 aromatic heterocycles. The van der Waals surface area contributed by atoms with Gasteiger partial charge >= 0.3 is 0 Å². The molecule has 0 spiro atoms. The minimum Gasteiger partial charge on any atom is -0.508 e. The maximum absolute atomic E-state index is 13.8.